The molecule has 1 saturated heterocycles. The van der Waals surface area contributed by atoms with Gasteiger partial charge in [0.2, 0.25) is 6.04 Å². The fraction of sp³-hybridized carbons (Fsp3) is 0.100. The molecule has 0 unspecified atom stereocenters. The predicted molar refractivity (Wildman–Crippen MR) is 72.9 cm³/mol. The van der Waals surface area contributed by atoms with Gasteiger partial charge in [-0.05, 0) is 12.1 Å². The van der Waals surface area contributed by atoms with E-state index in [2.05, 4.69) is 10.2 Å². The Labute approximate surface area is 133 Å². The summed E-state index contributed by atoms with van der Waals surface area (Å²) < 4.78 is 31.2. The molecule has 0 radical (unpaired) electrons. The SMILES string of the molecule is O=C1NC(=O)C(N=Nc2cc(Cl)cc(S(=O)(=O)O)c2O)C(=O)N1. The number of barbiturate groups is 1. The maximum Gasteiger partial charge on any atom is 0.328 e. The maximum absolute atomic E-state index is 11.4. The molecule has 2 rings (SSSR count). The van der Waals surface area contributed by atoms with Crippen LogP contribution in [0.2, 0.25) is 5.02 Å². The van der Waals surface area contributed by atoms with E-state index in [9.17, 15) is 27.9 Å². The fourth-order valence-electron chi connectivity index (χ4n) is 1.57. The van der Waals surface area contributed by atoms with Crippen LogP contribution in [0.15, 0.2) is 27.3 Å². The first-order chi connectivity index (χ1) is 10.6. The molecular weight excluding hydrogens is 356 g/mol. The average Bonchev–Trinajstić information content (AvgIpc) is 2.39. The highest BCUT2D eigenvalue weighted by Crippen LogP contribution is 2.36. The highest BCUT2D eigenvalue weighted by Gasteiger charge is 2.34. The number of carbonyl (C=O) groups is 3. The van der Waals surface area contributed by atoms with Crippen LogP contribution >= 0.6 is 11.6 Å². The Balaban J connectivity index is 2.41. The normalized spacial score (nSPS) is 16.5. The minimum Gasteiger partial charge on any atom is -0.504 e. The molecule has 13 heteroatoms. The smallest absolute Gasteiger partial charge is 0.328 e. The molecule has 0 atom stereocenters. The first-order valence-corrected chi connectivity index (χ1v) is 7.48. The first-order valence-electron chi connectivity index (χ1n) is 5.66. The van der Waals surface area contributed by atoms with Crippen molar-refractivity contribution in [2.75, 3.05) is 0 Å². The van der Waals surface area contributed by atoms with E-state index < -0.39 is 50.3 Å². The summed E-state index contributed by atoms with van der Waals surface area (Å²) in [4.78, 5) is 32.8. The van der Waals surface area contributed by atoms with Crippen LogP contribution in [-0.4, -0.2) is 42.0 Å². The molecule has 122 valence electrons. The van der Waals surface area contributed by atoms with Crippen molar-refractivity contribution < 1.29 is 32.5 Å². The number of imide groups is 2. The predicted octanol–water partition coefficient (Wildman–Crippen LogP) is 0.111. The Hall–Kier alpha value is -2.57. The van der Waals surface area contributed by atoms with Gasteiger partial charge < -0.3 is 5.11 Å². The molecule has 0 bridgehead atoms. The number of rotatable bonds is 3. The van der Waals surface area contributed by atoms with Gasteiger partial charge in [0.15, 0.2) is 5.75 Å². The topological polar surface area (TPSA) is 175 Å². The second kappa shape index (κ2) is 5.91. The number of nitrogens with zero attached hydrogens (tertiary/aromatic N) is 2. The highest BCUT2D eigenvalue weighted by atomic mass is 35.5. The fourth-order valence-corrected chi connectivity index (χ4v) is 2.47. The van der Waals surface area contributed by atoms with E-state index in [1.807, 2.05) is 0 Å². The van der Waals surface area contributed by atoms with Crippen molar-refractivity contribution in [2.24, 2.45) is 10.2 Å². The molecule has 1 aliphatic heterocycles. The van der Waals surface area contributed by atoms with Gasteiger partial charge in [0.25, 0.3) is 21.9 Å². The Morgan fingerprint density at radius 2 is 1.70 bits per heavy atom. The number of phenols is 1. The Morgan fingerprint density at radius 3 is 2.22 bits per heavy atom. The van der Waals surface area contributed by atoms with Crippen molar-refractivity contribution in [3.63, 3.8) is 0 Å². The van der Waals surface area contributed by atoms with Gasteiger partial charge in [0.05, 0.1) is 0 Å². The zero-order valence-corrected chi connectivity index (χ0v) is 12.4. The van der Waals surface area contributed by atoms with E-state index in [1.54, 1.807) is 10.6 Å². The lowest BCUT2D eigenvalue weighted by atomic mass is 10.2. The number of phenolic OH excluding ortho intramolecular Hbond substituents is 1. The van der Waals surface area contributed by atoms with Gasteiger partial charge in [0.1, 0.15) is 10.6 Å². The van der Waals surface area contributed by atoms with Crippen LogP contribution in [0.1, 0.15) is 0 Å². The lowest BCUT2D eigenvalue weighted by molar-refractivity contribution is -0.131. The van der Waals surface area contributed by atoms with Crippen molar-refractivity contribution >= 4 is 45.3 Å². The lowest BCUT2D eigenvalue weighted by Gasteiger charge is -2.16. The van der Waals surface area contributed by atoms with Gasteiger partial charge in [-0.3, -0.25) is 24.8 Å². The number of hydrogen-bond donors (Lipinski definition) is 4. The van der Waals surface area contributed by atoms with E-state index in [4.69, 9.17) is 16.2 Å². The Bertz CT molecular complexity index is 831. The Kier molecular flexibility index (Phi) is 4.31. The van der Waals surface area contributed by atoms with Gasteiger partial charge in [-0.15, -0.1) is 0 Å². The van der Waals surface area contributed by atoms with E-state index in [0.29, 0.717) is 0 Å². The number of azo groups is 1. The zero-order valence-electron chi connectivity index (χ0n) is 10.8. The van der Waals surface area contributed by atoms with Crippen LogP contribution in [0, 0.1) is 0 Å². The molecule has 1 fully saturated rings. The maximum atomic E-state index is 11.4. The number of carbonyl (C=O) groups excluding carboxylic acids is 3. The summed E-state index contributed by atoms with van der Waals surface area (Å²) in [6, 6.07) is -0.992. The van der Waals surface area contributed by atoms with Crippen LogP contribution in [0.3, 0.4) is 0 Å². The Morgan fingerprint density at radius 1 is 1.13 bits per heavy atom. The molecule has 4 amide bonds. The largest absolute Gasteiger partial charge is 0.504 e. The van der Waals surface area contributed by atoms with E-state index >= 15 is 0 Å². The summed E-state index contributed by atoms with van der Waals surface area (Å²) in [7, 11) is -4.79. The second-order valence-corrected chi connectivity index (χ2v) is 6.00. The number of hydrogen-bond acceptors (Lipinski definition) is 8. The standard InChI is InChI=1S/C10H7ClN4O7S/c11-3-1-4(7(16)5(2-3)23(20,21)22)14-15-6-8(17)12-10(19)13-9(6)18/h1-2,6,16H,(H,20,21,22)(H2,12,13,17,18,19). The molecule has 1 aliphatic rings. The molecule has 0 saturated carbocycles. The van der Waals surface area contributed by atoms with Gasteiger partial charge in [-0.1, -0.05) is 11.6 Å². The summed E-state index contributed by atoms with van der Waals surface area (Å²) in [6.45, 7) is 0. The van der Waals surface area contributed by atoms with Crippen molar-refractivity contribution in [1.82, 2.24) is 10.6 Å². The number of benzene rings is 1. The molecule has 1 aromatic carbocycles. The van der Waals surface area contributed by atoms with Crippen molar-refractivity contribution in [2.45, 2.75) is 10.9 Å². The van der Waals surface area contributed by atoms with Crippen molar-refractivity contribution in [1.29, 1.82) is 0 Å². The number of amides is 4. The van der Waals surface area contributed by atoms with E-state index in [0.717, 1.165) is 12.1 Å². The van der Waals surface area contributed by atoms with Crippen molar-refractivity contribution in [3.8, 4) is 5.75 Å². The molecule has 1 aromatic rings. The number of nitrogens with one attached hydrogen (secondary N) is 2. The molecule has 0 aromatic heterocycles. The summed E-state index contributed by atoms with van der Waals surface area (Å²) in [5, 5.41) is 19.8. The monoisotopic (exact) mass is 362 g/mol. The van der Waals surface area contributed by atoms with Crippen LogP contribution in [0.25, 0.3) is 0 Å². The molecular formula is C10H7ClN4O7S. The minimum absolute atomic E-state index is 0.211. The third-order valence-corrected chi connectivity index (χ3v) is 3.63. The van der Waals surface area contributed by atoms with E-state index in [-0.39, 0.29) is 5.02 Å². The molecule has 23 heavy (non-hydrogen) atoms. The summed E-state index contributed by atoms with van der Waals surface area (Å²) in [6.07, 6.45) is 0. The van der Waals surface area contributed by atoms with Crippen LogP contribution in [-0.2, 0) is 19.7 Å². The molecule has 0 aliphatic carbocycles. The molecule has 11 nitrogen and oxygen atoms in total. The summed E-state index contributed by atoms with van der Waals surface area (Å²) >= 11 is 5.63. The molecule has 4 N–H and O–H groups in total. The van der Waals surface area contributed by atoms with E-state index in [1.165, 1.54) is 0 Å². The van der Waals surface area contributed by atoms with Gasteiger partial charge in [-0.2, -0.15) is 18.6 Å². The number of urea groups is 1. The van der Waals surface area contributed by atoms with Gasteiger partial charge in [0, 0.05) is 5.02 Å². The second-order valence-electron chi connectivity index (χ2n) is 4.17. The number of aromatic hydroxyl groups is 1. The minimum atomic E-state index is -4.79. The lowest BCUT2D eigenvalue weighted by Crippen LogP contribution is -2.57. The molecule has 1 heterocycles. The zero-order chi connectivity index (χ0) is 17.4. The quantitative estimate of drug-likeness (QED) is 0.335. The summed E-state index contributed by atoms with van der Waals surface area (Å²) in [5.41, 5.74) is -0.511. The first kappa shape index (κ1) is 16.8. The third kappa shape index (κ3) is 3.61. The van der Waals surface area contributed by atoms with Gasteiger partial charge in [-0.25, -0.2) is 4.79 Å². The van der Waals surface area contributed by atoms with Crippen LogP contribution in [0.4, 0.5) is 10.5 Å². The highest BCUT2D eigenvalue weighted by molar-refractivity contribution is 7.86. The molecule has 0 spiro atoms. The van der Waals surface area contributed by atoms with Crippen LogP contribution in [0.5, 0.6) is 5.75 Å². The van der Waals surface area contributed by atoms with Gasteiger partial charge >= 0.3 is 6.03 Å². The van der Waals surface area contributed by atoms with Crippen LogP contribution < -0.4 is 10.6 Å². The average molecular weight is 363 g/mol. The number of halogens is 1. The third-order valence-electron chi connectivity index (χ3n) is 2.55. The summed E-state index contributed by atoms with van der Waals surface area (Å²) in [5.74, 6) is -3.09. The van der Waals surface area contributed by atoms with Crippen molar-refractivity contribution in [3.05, 3.63) is 17.2 Å².